The second kappa shape index (κ2) is 3.33. The fourth-order valence-electron chi connectivity index (χ4n) is 1.35. The second-order valence-electron chi connectivity index (χ2n) is 3.09. The van der Waals surface area contributed by atoms with Gasteiger partial charge in [0.1, 0.15) is 0 Å². The molecule has 0 N–H and O–H groups in total. The van der Waals surface area contributed by atoms with Gasteiger partial charge in [-0.05, 0) is 36.2 Å². The number of rotatable bonds is 1. The molecule has 0 fully saturated rings. The Bertz CT molecular complexity index is 388. The molecule has 0 unspecified atom stereocenters. The highest BCUT2D eigenvalue weighted by Gasteiger charge is 1.94. The molecule has 62 valence electrons. The molecule has 0 heterocycles. The van der Waals surface area contributed by atoms with Crippen LogP contribution in [-0.2, 0) is 0 Å². The van der Waals surface area contributed by atoms with Gasteiger partial charge in [0.25, 0.3) is 0 Å². The molecule has 0 aliphatic heterocycles. The van der Waals surface area contributed by atoms with Crippen LogP contribution in [0.25, 0.3) is 11.1 Å². The standard InChI is InChI=1S/C13H10/c1-11-6-5-9-13(10-11)12-7-3-2-4-8-12/h3,5-10H,1H3. The van der Waals surface area contributed by atoms with E-state index < -0.39 is 0 Å². The third-order valence-corrected chi connectivity index (χ3v) is 2.01. The lowest BCUT2D eigenvalue weighted by atomic mass is 10.0. The normalized spacial score (nSPS) is 9.31. The molecule has 0 atom stereocenters. The van der Waals surface area contributed by atoms with Gasteiger partial charge in [-0.15, -0.1) is 0 Å². The van der Waals surface area contributed by atoms with Crippen LogP contribution in [0.3, 0.4) is 0 Å². The number of benzene rings is 1. The quantitative estimate of drug-likeness (QED) is 0.610. The van der Waals surface area contributed by atoms with Crippen LogP contribution in [0.15, 0.2) is 42.5 Å². The molecule has 0 aliphatic rings. The third-order valence-electron chi connectivity index (χ3n) is 2.01. The summed E-state index contributed by atoms with van der Waals surface area (Å²) in [5.74, 6) is 0. The van der Waals surface area contributed by atoms with Gasteiger partial charge in [0.2, 0.25) is 0 Å². The van der Waals surface area contributed by atoms with Crippen molar-refractivity contribution in [1.82, 2.24) is 0 Å². The van der Waals surface area contributed by atoms with Crippen molar-refractivity contribution in [1.29, 1.82) is 0 Å². The van der Waals surface area contributed by atoms with E-state index in [4.69, 9.17) is 0 Å². The summed E-state index contributed by atoms with van der Waals surface area (Å²) in [6, 6.07) is 20.2. The van der Waals surface area contributed by atoms with E-state index in [1.807, 2.05) is 18.2 Å². The molecule has 0 radical (unpaired) electrons. The largest absolute Gasteiger partial charge is 0.0702 e. The van der Waals surface area contributed by atoms with E-state index in [0.717, 1.165) is 0 Å². The lowest BCUT2D eigenvalue weighted by molar-refractivity contribution is 1.47. The highest BCUT2D eigenvalue weighted by molar-refractivity contribution is 5.63. The fourth-order valence-corrected chi connectivity index (χ4v) is 1.35. The Balaban J connectivity index is 2.48. The molecule has 0 heteroatoms. The predicted molar refractivity (Wildman–Crippen MR) is 54.3 cm³/mol. The second-order valence-corrected chi connectivity index (χ2v) is 3.09. The Hall–Kier alpha value is -1.74. The summed E-state index contributed by atoms with van der Waals surface area (Å²) < 4.78 is 0. The van der Waals surface area contributed by atoms with Gasteiger partial charge in [-0.25, -0.2) is 0 Å². The lowest BCUT2D eigenvalue weighted by Crippen LogP contribution is -1.77. The first-order chi connectivity index (χ1) is 6.36. The van der Waals surface area contributed by atoms with Gasteiger partial charge in [-0.1, -0.05) is 42.0 Å². The van der Waals surface area contributed by atoms with Crippen LogP contribution in [0.5, 0.6) is 0 Å². The Morgan fingerprint density at radius 2 is 1.92 bits per heavy atom. The van der Waals surface area contributed by atoms with Crippen LogP contribution in [-0.4, -0.2) is 0 Å². The minimum Gasteiger partial charge on any atom is -0.0702 e. The van der Waals surface area contributed by atoms with Gasteiger partial charge >= 0.3 is 0 Å². The predicted octanol–water partition coefficient (Wildman–Crippen LogP) is 3.26. The first kappa shape index (κ1) is 7.89. The molecule has 2 rings (SSSR count). The molecule has 2 aromatic carbocycles. The molecule has 0 nitrogen and oxygen atoms in total. The first-order valence-electron chi connectivity index (χ1n) is 4.31. The van der Waals surface area contributed by atoms with Crippen LogP contribution in [0.4, 0.5) is 0 Å². The molecule has 0 spiro atoms. The number of hydrogen-bond donors (Lipinski definition) is 0. The van der Waals surface area contributed by atoms with E-state index >= 15 is 0 Å². The Kier molecular flexibility index (Phi) is 2.02. The summed E-state index contributed by atoms with van der Waals surface area (Å²) in [5, 5.41) is 0. The average molecular weight is 166 g/mol. The lowest BCUT2D eigenvalue weighted by Gasteiger charge is -2.00. The molecule has 0 aromatic heterocycles. The first-order valence-corrected chi connectivity index (χ1v) is 4.31. The zero-order valence-corrected chi connectivity index (χ0v) is 7.54. The third kappa shape index (κ3) is 1.71. The minimum atomic E-state index is 1.20. The highest BCUT2D eigenvalue weighted by Crippen LogP contribution is 2.18. The van der Waals surface area contributed by atoms with Gasteiger partial charge in [-0.2, -0.15) is 0 Å². The summed E-state index contributed by atoms with van der Waals surface area (Å²) in [6.45, 7) is 2.10. The van der Waals surface area contributed by atoms with Crippen LogP contribution in [0.1, 0.15) is 5.56 Å². The van der Waals surface area contributed by atoms with Crippen molar-refractivity contribution in [2.45, 2.75) is 6.92 Å². The molecule has 0 aliphatic carbocycles. The Labute approximate surface area is 78.9 Å². The highest BCUT2D eigenvalue weighted by atomic mass is 14.0. The van der Waals surface area contributed by atoms with Crippen LogP contribution in [0.2, 0.25) is 0 Å². The summed E-state index contributed by atoms with van der Waals surface area (Å²) in [6.07, 6.45) is 0. The summed E-state index contributed by atoms with van der Waals surface area (Å²) >= 11 is 0. The molecular weight excluding hydrogens is 156 g/mol. The summed E-state index contributed by atoms with van der Waals surface area (Å²) in [7, 11) is 0. The maximum atomic E-state index is 2.95. The molecule has 0 saturated carbocycles. The number of aryl methyl sites for hydroxylation is 1. The van der Waals surface area contributed by atoms with Crippen molar-refractivity contribution in [3.8, 4) is 11.1 Å². The van der Waals surface area contributed by atoms with Crippen molar-refractivity contribution >= 4 is 0 Å². The summed E-state index contributed by atoms with van der Waals surface area (Å²) in [4.78, 5) is 0. The van der Waals surface area contributed by atoms with Crippen LogP contribution >= 0.6 is 0 Å². The maximum absolute atomic E-state index is 2.95. The van der Waals surface area contributed by atoms with E-state index in [9.17, 15) is 0 Å². The maximum Gasteiger partial charge on any atom is -0.00365 e. The molecule has 0 amide bonds. The monoisotopic (exact) mass is 166 g/mol. The SMILES string of the molecule is Cc1cccc(-c2cc#ccc2)c1. The van der Waals surface area contributed by atoms with E-state index in [0.29, 0.717) is 0 Å². The van der Waals surface area contributed by atoms with Crippen molar-refractivity contribution in [3.63, 3.8) is 0 Å². The number of hydrogen-bond acceptors (Lipinski definition) is 0. The van der Waals surface area contributed by atoms with E-state index in [-0.39, 0.29) is 0 Å². The van der Waals surface area contributed by atoms with Crippen LogP contribution < -0.4 is 0 Å². The van der Waals surface area contributed by atoms with Crippen molar-refractivity contribution in [2.24, 2.45) is 0 Å². The molecule has 2 aromatic rings. The van der Waals surface area contributed by atoms with E-state index in [1.165, 1.54) is 16.7 Å². The van der Waals surface area contributed by atoms with Gasteiger partial charge in [0, 0.05) is 0 Å². The Morgan fingerprint density at radius 1 is 1.00 bits per heavy atom. The molecule has 13 heavy (non-hydrogen) atoms. The average Bonchev–Trinajstić information content (AvgIpc) is 2.19. The fraction of sp³-hybridized carbons (Fsp3) is 0.0769. The van der Waals surface area contributed by atoms with E-state index in [1.54, 1.807) is 0 Å². The van der Waals surface area contributed by atoms with Crippen molar-refractivity contribution in [2.75, 3.05) is 0 Å². The smallest absolute Gasteiger partial charge is 0.00365 e. The van der Waals surface area contributed by atoms with Gasteiger partial charge in [-0.3, -0.25) is 0 Å². The molecule has 0 bridgehead atoms. The van der Waals surface area contributed by atoms with Gasteiger partial charge < -0.3 is 0 Å². The molecular formula is C13H10. The zero-order valence-electron chi connectivity index (χ0n) is 7.54. The van der Waals surface area contributed by atoms with E-state index in [2.05, 4.69) is 43.3 Å². The van der Waals surface area contributed by atoms with Crippen LogP contribution in [0, 0.1) is 19.1 Å². The van der Waals surface area contributed by atoms with Crippen molar-refractivity contribution < 1.29 is 0 Å². The minimum absolute atomic E-state index is 1.20. The molecule has 0 saturated heterocycles. The Morgan fingerprint density at radius 3 is 2.62 bits per heavy atom. The topological polar surface area (TPSA) is 0 Å². The van der Waals surface area contributed by atoms with Gasteiger partial charge in [0.05, 0.1) is 0 Å². The summed E-state index contributed by atoms with van der Waals surface area (Å²) in [5.41, 5.74) is 3.72. The zero-order chi connectivity index (χ0) is 9.10. The van der Waals surface area contributed by atoms with Crippen molar-refractivity contribution in [3.05, 3.63) is 60.2 Å². The van der Waals surface area contributed by atoms with Gasteiger partial charge in [0.15, 0.2) is 0 Å².